The van der Waals surface area contributed by atoms with Gasteiger partial charge in [-0.2, -0.15) is 0 Å². The van der Waals surface area contributed by atoms with Gasteiger partial charge >= 0.3 is 6.36 Å². The molecule has 6 rings (SSSR count). The third-order valence-corrected chi connectivity index (χ3v) is 8.04. The highest BCUT2D eigenvalue weighted by atomic mass is 19.4. The molecule has 10 nitrogen and oxygen atoms in total. The predicted octanol–water partition coefficient (Wildman–Crippen LogP) is 3.66. The number of piperidine rings is 1. The summed E-state index contributed by atoms with van der Waals surface area (Å²) in [5, 5.41) is 0.884. The van der Waals surface area contributed by atoms with E-state index >= 15 is 0 Å². The van der Waals surface area contributed by atoms with Crippen LogP contribution in [0.4, 0.5) is 17.6 Å². The Balaban J connectivity index is 1.12. The van der Waals surface area contributed by atoms with Crippen LogP contribution >= 0.6 is 0 Å². The molecule has 0 radical (unpaired) electrons. The molecule has 0 saturated carbocycles. The van der Waals surface area contributed by atoms with Crippen LogP contribution in [-0.2, 0) is 10.3 Å². The maximum absolute atomic E-state index is 14.4. The standard InChI is InChI=1S/C28H27F4N7O3/c29-22-2-1-19(42-28(30,31)32)11-21(22)26(41)37-8-5-18(6-9-37)38-14-27(15-38,12-23(33)40)39-10-4-17(13-39)24-20-3-7-34-25(20)36-16-35-24/h1-4,7,10-11,13,16,18H,5-6,8-9,12,14-15H2,(H2,33,40)(H,34,35,36). The molecule has 4 aromatic rings. The molecule has 5 heterocycles. The monoisotopic (exact) mass is 585 g/mol. The molecule has 0 bridgehead atoms. The number of ether oxygens (including phenoxy) is 1. The number of carbonyl (C=O) groups excluding carboxylic acids is 2. The Labute approximate surface area is 237 Å². The number of likely N-dealkylation sites (tertiary alicyclic amines) is 2. The van der Waals surface area contributed by atoms with Crippen molar-refractivity contribution in [3.8, 4) is 17.0 Å². The topological polar surface area (TPSA) is 122 Å². The lowest BCUT2D eigenvalue weighted by atomic mass is 9.82. The Hall–Kier alpha value is -4.46. The van der Waals surface area contributed by atoms with E-state index in [1.54, 1.807) is 6.20 Å². The molecule has 0 aliphatic carbocycles. The van der Waals surface area contributed by atoms with E-state index in [-0.39, 0.29) is 12.5 Å². The Kier molecular flexibility index (Phi) is 6.87. The van der Waals surface area contributed by atoms with Crippen LogP contribution in [0.3, 0.4) is 0 Å². The van der Waals surface area contributed by atoms with Crippen molar-refractivity contribution in [3.63, 3.8) is 0 Å². The van der Waals surface area contributed by atoms with Gasteiger partial charge in [0.1, 0.15) is 23.5 Å². The van der Waals surface area contributed by atoms with E-state index in [0.29, 0.717) is 39.0 Å². The third-order valence-electron chi connectivity index (χ3n) is 8.04. The molecule has 14 heteroatoms. The Bertz CT molecular complexity index is 1640. The second-order valence-electron chi connectivity index (χ2n) is 10.8. The second kappa shape index (κ2) is 10.4. The average Bonchev–Trinajstić information content (AvgIpc) is 3.61. The summed E-state index contributed by atoms with van der Waals surface area (Å²) in [5.74, 6) is -2.68. The minimum atomic E-state index is -4.95. The number of H-pyrrole nitrogens is 1. The molecule has 2 aliphatic rings. The minimum absolute atomic E-state index is 0.108. The lowest BCUT2D eigenvalue weighted by molar-refractivity contribution is -0.274. The van der Waals surface area contributed by atoms with Gasteiger partial charge in [0.25, 0.3) is 5.91 Å². The lowest BCUT2D eigenvalue weighted by Crippen LogP contribution is -2.67. The first-order valence-corrected chi connectivity index (χ1v) is 13.4. The van der Waals surface area contributed by atoms with Crippen LogP contribution in [0.2, 0.25) is 0 Å². The van der Waals surface area contributed by atoms with E-state index < -0.39 is 40.8 Å². The number of aromatic amines is 1. The first-order valence-electron chi connectivity index (χ1n) is 13.4. The van der Waals surface area contributed by atoms with Gasteiger partial charge in [-0.3, -0.25) is 14.5 Å². The van der Waals surface area contributed by atoms with Gasteiger partial charge in [-0.05, 0) is 43.2 Å². The van der Waals surface area contributed by atoms with E-state index in [2.05, 4.69) is 24.6 Å². The van der Waals surface area contributed by atoms with E-state index in [1.807, 2.05) is 29.1 Å². The number of halogens is 4. The Morgan fingerprint density at radius 3 is 2.60 bits per heavy atom. The number of nitrogens with one attached hydrogen (secondary N) is 1. The number of carbonyl (C=O) groups is 2. The molecular weight excluding hydrogens is 558 g/mol. The molecule has 1 aromatic carbocycles. The molecule has 3 aromatic heterocycles. The summed E-state index contributed by atoms with van der Waals surface area (Å²) in [5.41, 5.74) is 7.02. The quantitative estimate of drug-likeness (QED) is 0.320. The van der Waals surface area contributed by atoms with Crippen LogP contribution in [0.25, 0.3) is 22.3 Å². The van der Waals surface area contributed by atoms with Crippen molar-refractivity contribution in [2.45, 2.75) is 37.2 Å². The number of nitrogens with two attached hydrogens (primary N) is 1. The van der Waals surface area contributed by atoms with Gasteiger partial charge in [-0.15, -0.1) is 13.2 Å². The minimum Gasteiger partial charge on any atom is -0.406 e. The number of amides is 2. The van der Waals surface area contributed by atoms with Crippen molar-refractivity contribution in [3.05, 3.63) is 66.6 Å². The SMILES string of the molecule is NC(=O)CC1(n2ccc(-c3ncnc4[nH]ccc34)c2)CN(C2CCN(C(=O)c3cc(OC(F)(F)F)ccc3F)CC2)C1. The summed E-state index contributed by atoms with van der Waals surface area (Å²) in [6, 6.07) is 6.35. The fourth-order valence-corrected chi connectivity index (χ4v) is 6.06. The smallest absolute Gasteiger partial charge is 0.406 e. The number of nitrogens with zero attached hydrogens (tertiary/aromatic N) is 5. The van der Waals surface area contributed by atoms with Gasteiger partial charge < -0.3 is 24.9 Å². The molecule has 0 unspecified atom stereocenters. The zero-order chi connectivity index (χ0) is 29.6. The summed E-state index contributed by atoms with van der Waals surface area (Å²) in [6.07, 6.45) is 3.54. The van der Waals surface area contributed by atoms with Gasteiger partial charge in [0.15, 0.2) is 0 Å². The van der Waals surface area contributed by atoms with Crippen LogP contribution < -0.4 is 10.5 Å². The van der Waals surface area contributed by atoms with Crippen LogP contribution in [0, 0.1) is 5.82 Å². The molecule has 2 aliphatic heterocycles. The zero-order valence-corrected chi connectivity index (χ0v) is 22.3. The second-order valence-corrected chi connectivity index (χ2v) is 10.8. The number of hydrogen-bond donors (Lipinski definition) is 2. The maximum atomic E-state index is 14.4. The van der Waals surface area contributed by atoms with Gasteiger partial charge in [0.05, 0.1) is 23.2 Å². The van der Waals surface area contributed by atoms with E-state index in [9.17, 15) is 27.2 Å². The first-order chi connectivity index (χ1) is 20.0. The van der Waals surface area contributed by atoms with Gasteiger partial charge in [0.2, 0.25) is 5.91 Å². The zero-order valence-electron chi connectivity index (χ0n) is 22.3. The van der Waals surface area contributed by atoms with Crippen molar-refractivity contribution in [2.24, 2.45) is 5.73 Å². The molecule has 0 spiro atoms. The van der Waals surface area contributed by atoms with Crippen molar-refractivity contribution >= 4 is 22.8 Å². The molecule has 0 atom stereocenters. The number of benzene rings is 1. The van der Waals surface area contributed by atoms with E-state index in [4.69, 9.17) is 5.73 Å². The van der Waals surface area contributed by atoms with Crippen LogP contribution in [0.1, 0.15) is 29.6 Å². The number of aromatic nitrogens is 4. The normalized spacial score (nSPS) is 17.8. The lowest BCUT2D eigenvalue weighted by Gasteiger charge is -2.55. The molecule has 220 valence electrons. The number of alkyl halides is 3. The fourth-order valence-electron chi connectivity index (χ4n) is 6.06. The molecule has 2 fully saturated rings. The number of fused-ring (bicyclic) bond motifs is 1. The summed E-state index contributed by atoms with van der Waals surface area (Å²) < 4.78 is 58.0. The Morgan fingerprint density at radius 2 is 1.88 bits per heavy atom. The maximum Gasteiger partial charge on any atom is 0.573 e. The molecule has 2 saturated heterocycles. The number of rotatable bonds is 7. The fraction of sp³-hybridized carbons (Fsp3) is 0.357. The third kappa shape index (κ3) is 5.29. The van der Waals surface area contributed by atoms with Crippen molar-refractivity contribution in [1.82, 2.24) is 29.3 Å². The van der Waals surface area contributed by atoms with Crippen molar-refractivity contribution in [1.29, 1.82) is 0 Å². The highest BCUT2D eigenvalue weighted by molar-refractivity contribution is 5.95. The van der Waals surface area contributed by atoms with Crippen LogP contribution in [0.15, 0.2) is 55.2 Å². The highest BCUT2D eigenvalue weighted by Gasteiger charge is 2.48. The average molecular weight is 586 g/mol. The van der Waals surface area contributed by atoms with Crippen LogP contribution in [0.5, 0.6) is 5.75 Å². The largest absolute Gasteiger partial charge is 0.573 e. The van der Waals surface area contributed by atoms with Crippen molar-refractivity contribution in [2.75, 3.05) is 26.2 Å². The molecule has 42 heavy (non-hydrogen) atoms. The molecular formula is C28H27F4N7O3. The summed E-state index contributed by atoms with van der Waals surface area (Å²) in [6.45, 7) is 1.75. The molecule has 2 amide bonds. The van der Waals surface area contributed by atoms with E-state index in [0.717, 1.165) is 40.5 Å². The number of primary amides is 1. The number of hydrogen-bond acceptors (Lipinski definition) is 6. The summed E-state index contributed by atoms with van der Waals surface area (Å²) in [4.78, 5) is 40.5. The summed E-state index contributed by atoms with van der Waals surface area (Å²) in [7, 11) is 0. The van der Waals surface area contributed by atoms with Gasteiger partial charge in [0, 0.05) is 61.8 Å². The van der Waals surface area contributed by atoms with Crippen LogP contribution in [-0.4, -0.2) is 79.7 Å². The van der Waals surface area contributed by atoms with E-state index in [1.165, 1.54) is 11.2 Å². The first kappa shape index (κ1) is 27.7. The highest BCUT2D eigenvalue weighted by Crippen LogP contribution is 2.38. The van der Waals surface area contributed by atoms with Crippen molar-refractivity contribution < 1.29 is 31.9 Å². The Morgan fingerprint density at radius 1 is 1.12 bits per heavy atom. The predicted molar refractivity (Wildman–Crippen MR) is 143 cm³/mol. The molecule has 3 N–H and O–H groups in total. The van der Waals surface area contributed by atoms with Gasteiger partial charge in [-0.25, -0.2) is 14.4 Å². The van der Waals surface area contributed by atoms with Gasteiger partial charge in [-0.1, -0.05) is 0 Å². The summed E-state index contributed by atoms with van der Waals surface area (Å²) >= 11 is 0.